The number of nitrogens with one attached hydrogen (secondary N) is 1. The monoisotopic (exact) mass is 349 g/mol. The van der Waals surface area contributed by atoms with Crippen LogP contribution in [0.2, 0.25) is 0 Å². The first kappa shape index (κ1) is 18.2. The predicted molar refractivity (Wildman–Crippen MR) is 91.4 cm³/mol. The first-order chi connectivity index (χ1) is 11.8. The van der Waals surface area contributed by atoms with Gasteiger partial charge in [-0.2, -0.15) is 0 Å². The molecule has 1 aromatic heterocycles. The van der Waals surface area contributed by atoms with E-state index in [4.69, 9.17) is 10.6 Å². The molecule has 0 aliphatic rings. The first-order valence-electron chi connectivity index (χ1n) is 7.34. The fraction of sp³-hybridized carbons (Fsp3) is 0.333. The Kier molecular flexibility index (Phi) is 5.22. The second-order valence-electron chi connectivity index (χ2n) is 5.45. The van der Waals surface area contributed by atoms with Gasteiger partial charge in [-0.05, 0) is 17.7 Å². The maximum Gasteiger partial charge on any atom is 0.332 e. The SMILES string of the molecule is COc1ccc(C(C[N+](=O)[O-])c2c(NN)n(C)c(=O)n(C)c2=O)cc1. The van der Waals surface area contributed by atoms with E-state index in [1.165, 1.54) is 21.2 Å². The number of hydrogen-bond acceptors (Lipinski definition) is 7. The quantitative estimate of drug-likeness (QED) is 0.418. The van der Waals surface area contributed by atoms with Gasteiger partial charge in [0.25, 0.3) is 5.56 Å². The van der Waals surface area contributed by atoms with Gasteiger partial charge in [0.2, 0.25) is 6.54 Å². The molecule has 0 radical (unpaired) electrons. The molecule has 25 heavy (non-hydrogen) atoms. The van der Waals surface area contributed by atoms with Gasteiger partial charge in [0.1, 0.15) is 11.6 Å². The summed E-state index contributed by atoms with van der Waals surface area (Å²) in [6, 6.07) is 6.56. The molecule has 10 heteroatoms. The van der Waals surface area contributed by atoms with E-state index in [0.717, 1.165) is 9.13 Å². The number of rotatable bonds is 6. The van der Waals surface area contributed by atoms with Gasteiger partial charge in [-0.1, -0.05) is 12.1 Å². The number of ether oxygens (including phenoxy) is 1. The van der Waals surface area contributed by atoms with Crippen molar-refractivity contribution in [3.8, 4) is 5.75 Å². The Hall–Kier alpha value is -3.14. The molecule has 10 nitrogen and oxygen atoms in total. The summed E-state index contributed by atoms with van der Waals surface area (Å²) in [4.78, 5) is 35.4. The number of aromatic nitrogens is 2. The Bertz CT molecular complexity index is 900. The van der Waals surface area contributed by atoms with E-state index in [1.54, 1.807) is 24.3 Å². The number of nitrogen functional groups attached to an aromatic ring is 1. The Morgan fingerprint density at radius 3 is 2.32 bits per heavy atom. The third-order valence-corrected chi connectivity index (χ3v) is 4.03. The minimum Gasteiger partial charge on any atom is -0.497 e. The molecule has 134 valence electrons. The Labute approximate surface area is 142 Å². The standard InChI is InChI=1S/C15H19N5O5/c1-18-13(17-16)12(14(21)19(2)15(18)22)11(8-20(23)24)9-4-6-10(25-3)7-5-9/h4-7,11,17H,8,16H2,1-3H3. The van der Waals surface area contributed by atoms with E-state index >= 15 is 0 Å². The van der Waals surface area contributed by atoms with Crippen molar-refractivity contribution in [3.63, 3.8) is 0 Å². The topological polar surface area (TPSA) is 134 Å². The Balaban J connectivity index is 2.76. The lowest BCUT2D eigenvalue weighted by Gasteiger charge is -2.20. The minimum absolute atomic E-state index is 0.0377. The first-order valence-corrected chi connectivity index (χ1v) is 7.34. The Morgan fingerprint density at radius 2 is 1.84 bits per heavy atom. The van der Waals surface area contributed by atoms with Crippen molar-refractivity contribution in [1.29, 1.82) is 0 Å². The number of hydrazine groups is 1. The molecule has 0 spiro atoms. The lowest BCUT2D eigenvalue weighted by molar-refractivity contribution is -0.481. The summed E-state index contributed by atoms with van der Waals surface area (Å²) < 4.78 is 7.12. The highest BCUT2D eigenvalue weighted by Gasteiger charge is 2.29. The third-order valence-electron chi connectivity index (χ3n) is 4.03. The average Bonchev–Trinajstić information content (AvgIpc) is 2.61. The van der Waals surface area contributed by atoms with Crippen LogP contribution in [0.15, 0.2) is 33.9 Å². The van der Waals surface area contributed by atoms with Crippen LogP contribution in [-0.2, 0) is 14.1 Å². The molecule has 1 atom stereocenters. The van der Waals surface area contributed by atoms with Crippen LogP contribution in [0.1, 0.15) is 17.0 Å². The van der Waals surface area contributed by atoms with Gasteiger partial charge in [0, 0.05) is 19.0 Å². The molecule has 0 saturated carbocycles. The molecular weight excluding hydrogens is 330 g/mol. The molecule has 1 heterocycles. The van der Waals surface area contributed by atoms with Crippen molar-refractivity contribution < 1.29 is 9.66 Å². The lowest BCUT2D eigenvalue weighted by Crippen LogP contribution is -2.42. The number of nitrogens with two attached hydrogens (primary N) is 1. The minimum atomic E-state index is -0.891. The van der Waals surface area contributed by atoms with Crippen LogP contribution in [0.3, 0.4) is 0 Å². The van der Waals surface area contributed by atoms with Crippen LogP contribution in [0.25, 0.3) is 0 Å². The zero-order valence-corrected chi connectivity index (χ0v) is 14.1. The van der Waals surface area contributed by atoms with E-state index < -0.39 is 28.6 Å². The number of hydrogen-bond donors (Lipinski definition) is 2. The van der Waals surface area contributed by atoms with Crippen LogP contribution < -0.4 is 27.3 Å². The zero-order chi connectivity index (χ0) is 18.7. The van der Waals surface area contributed by atoms with Gasteiger partial charge in [0.05, 0.1) is 18.6 Å². The second-order valence-corrected chi connectivity index (χ2v) is 5.45. The molecule has 0 bridgehead atoms. The fourth-order valence-corrected chi connectivity index (χ4v) is 2.71. The molecule has 1 aromatic carbocycles. The molecular formula is C15H19N5O5. The summed E-state index contributed by atoms with van der Waals surface area (Å²) in [5, 5.41) is 11.2. The third kappa shape index (κ3) is 3.38. The van der Waals surface area contributed by atoms with E-state index in [0.29, 0.717) is 11.3 Å². The molecule has 1 unspecified atom stereocenters. The highest BCUT2D eigenvalue weighted by Crippen LogP contribution is 2.28. The molecule has 2 rings (SSSR count). The number of benzene rings is 1. The van der Waals surface area contributed by atoms with Crippen LogP contribution >= 0.6 is 0 Å². The van der Waals surface area contributed by atoms with Crippen molar-refractivity contribution >= 4 is 5.82 Å². The smallest absolute Gasteiger partial charge is 0.332 e. The van der Waals surface area contributed by atoms with Crippen molar-refractivity contribution in [1.82, 2.24) is 9.13 Å². The van der Waals surface area contributed by atoms with Gasteiger partial charge in [-0.15, -0.1) is 0 Å². The van der Waals surface area contributed by atoms with Gasteiger partial charge >= 0.3 is 5.69 Å². The van der Waals surface area contributed by atoms with E-state index in [-0.39, 0.29) is 11.4 Å². The largest absolute Gasteiger partial charge is 0.497 e. The molecule has 0 amide bonds. The van der Waals surface area contributed by atoms with Crippen molar-refractivity contribution in [2.24, 2.45) is 19.9 Å². The molecule has 0 aliphatic carbocycles. The van der Waals surface area contributed by atoms with Crippen molar-refractivity contribution in [2.75, 3.05) is 19.1 Å². The van der Waals surface area contributed by atoms with Crippen LogP contribution in [0.4, 0.5) is 5.82 Å². The van der Waals surface area contributed by atoms with E-state index in [9.17, 15) is 19.7 Å². The molecule has 0 fully saturated rings. The summed E-state index contributed by atoms with van der Waals surface area (Å²) in [7, 11) is 4.24. The highest BCUT2D eigenvalue weighted by atomic mass is 16.6. The van der Waals surface area contributed by atoms with Gasteiger partial charge in [-0.3, -0.25) is 24.0 Å². The van der Waals surface area contributed by atoms with Crippen LogP contribution in [-0.4, -0.2) is 27.7 Å². The summed E-state index contributed by atoms with van der Waals surface area (Å²) in [6.07, 6.45) is 0. The number of methoxy groups -OCH3 is 1. The fourth-order valence-electron chi connectivity index (χ4n) is 2.71. The highest BCUT2D eigenvalue weighted by molar-refractivity contribution is 5.49. The summed E-state index contributed by atoms with van der Waals surface area (Å²) >= 11 is 0. The summed E-state index contributed by atoms with van der Waals surface area (Å²) in [5.41, 5.74) is 1.68. The van der Waals surface area contributed by atoms with E-state index in [2.05, 4.69) is 5.43 Å². The summed E-state index contributed by atoms with van der Waals surface area (Å²) in [5.74, 6) is 5.21. The average molecular weight is 349 g/mol. The molecule has 0 aliphatic heterocycles. The normalized spacial score (nSPS) is 11.8. The zero-order valence-electron chi connectivity index (χ0n) is 14.1. The van der Waals surface area contributed by atoms with E-state index in [1.807, 2.05) is 0 Å². The predicted octanol–water partition coefficient (Wildman–Crippen LogP) is -0.213. The van der Waals surface area contributed by atoms with Crippen LogP contribution in [0.5, 0.6) is 5.75 Å². The lowest BCUT2D eigenvalue weighted by atomic mass is 9.92. The van der Waals surface area contributed by atoms with Gasteiger partial charge in [0.15, 0.2) is 0 Å². The number of anilines is 1. The molecule has 0 saturated heterocycles. The second kappa shape index (κ2) is 7.18. The van der Waals surface area contributed by atoms with Crippen molar-refractivity contribution in [2.45, 2.75) is 5.92 Å². The number of nitrogens with zero attached hydrogens (tertiary/aromatic N) is 3. The maximum absolute atomic E-state index is 12.6. The van der Waals surface area contributed by atoms with Gasteiger partial charge in [-0.25, -0.2) is 10.6 Å². The van der Waals surface area contributed by atoms with Gasteiger partial charge < -0.3 is 10.2 Å². The molecule has 2 aromatic rings. The Morgan fingerprint density at radius 1 is 1.24 bits per heavy atom. The maximum atomic E-state index is 12.6. The molecule has 3 N–H and O–H groups in total. The number of nitro groups is 1. The van der Waals surface area contributed by atoms with Crippen LogP contribution in [0, 0.1) is 10.1 Å². The summed E-state index contributed by atoms with van der Waals surface area (Å²) in [6.45, 7) is -0.533. The van der Waals surface area contributed by atoms with Crippen molar-refractivity contribution in [3.05, 3.63) is 66.3 Å².